The summed E-state index contributed by atoms with van der Waals surface area (Å²) in [7, 11) is 3.97. The SMILES string of the molecule is CN(C(=S)N(C)c1ccccc1)c1ccccc1. The van der Waals surface area contributed by atoms with E-state index in [-0.39, 0.29) is 0 Å². The third-order valence-corrected chi connectivity index (χ3v) is 3.41. The Bertz CT molecular complexity index is 463. The topological polar surface area (TPSA) is 6.48 Å². The van der Waals surface area contributed by atoms with Crippen molar-refractivity contribution in [2.24, 2.45) is 0 Å². The van der Waals surface area contributed by atoms with Crippen molar-refractivity contribution < 1.29 is 0 Å². The molecule has 3 heteroatoms. The molecule has 0 saturated heterocycles. The molecule has 92 valence electrons. The van der Waals surface area contributed by atoms with Crippen LogP contribution in [0, 0.1) is 0 Å². The van der Waals surface area contributed by atoms with Crippen LogP contribution in [0.1, 0.15) is 0 Å². The fourth-order valence-corrected chi connectivity index (χ4v) is 1.96. The monoisotopic (exact) mass is 256 g/mol. The van der Waals surface area contributed by atoms with Crippen LogP contribution in [0.25, 0.3) is 0 Å². The highest BCUT2D eigenvalue weighted by molar-refractivity contribution is 7.80. The normalized spacial score (nSPS) is 9.89. The van der Waals surface area contributed by atoms with Crippen LogP contribution in [0.4, 0.5) is 11.4 Å². The van der Waals surface area contributed by atoms with Crippen molar-refractivity contribution >= 4 is 28.7 Å². The number of hydrogen-bond acceptors (Lipinski definition) is 1. The van der Waals surface area contributed by atoms with E-state index < -0.39 is 0 Å². The van der Waals surface area contributed by atoms with Gasteiger partial charge in [-0.05, 0) is 36.5 Å². The molecule has 0 unspecified atom stereocenters. The summed E-state index contributed by atoms with van der Waals surface area (Å²) in [6, 6.07) is 20.2. The molecule has 0 aliphatic heterocycles. The molecule has 0 aliphatic rings. The maximum absolute atomic E-state index is 5.52. The van der Waals surface area contributed by atoms with Crippen molar-refractivity contribution in [1.82, 2.24) is 0 Å². The molecule has 2 aromatic carbocycles. The summed E-state index contributed by atoms with van der Waals surface area (Å²) in [5.41, 5.74) is 2.18. The van der Waals surface area contributed by atoms with E-state index in [1.54, 1.807) is 0 Å². The fraction of sp³-hybridized carbons (Fsp3) is 0.133. The second-order valence-electron chi connectivity index (χ2n) is 4.07. The first-order valence-electron chi connectivity index (χ1n) is 5.81. The third kappa shape index (κ3) is 2.68. The van der Waals surface area contributed by atoms with E-state index in [1.165, 1.54) is 0 Å². The predicted molar refractivity (Wildman–Crippen MR) is 82.3 cm³/mol. The molecule has 0 atom stereocenters. The Balaban J connectivity index is 2.17. The highest BCUT2D eigenvalue weighted by Crippen LogP contribution is 2.17. The summed E-state index contributed by atoms with van der Waals surface area (Å²) in [4.78, 5) is 4.00. The number of benzene rings is 2. The molecule has 0 aliphatic carbocycles. The van der Waals surface area contributed by atoms with Gasteiger partial charge in [0.25, 0.3) is 0 Å². The van der Waals surface area contributed by atoms with Crippen LogP contribution in [-0.4, -0.2) is 19.2 Å². The zero-order valence-electron chi connectivity index (χ0n) is 10.6. The maximum Gasteiger partial charge on any atom is 0.180 e. The minimum absolute atomic E-state index is 0.771. The van der Waals surface area contributed by atoms with E-state index in [1.807, 2.05) is 84.6 Å². The summed E-state index contributed by atoms with van der Waals surface area (Å²) < 4.78 is 0. The van der Waals surface area contributed by atoms with Gasteiger partial charge in [0.2, 0.25) is 0 Å². The van der Waals surface area contributed by atoms with E-state index in [2.05, 4.69) is 0 Å². The Morgan fingerprint density at radius 3 is 1.39 bits per heavy atom. The number of nitrogens with zero attached hydrogens (tertiary/aromatic N) is 2. The number of anilines is 2. The lowest BCUT2D eigenvalue weighted by Gasteiger charge is -2.28. The van der Waals surface area contributed by atoms with Crippen LogP contribution >= 0.6 is 12.2 Å². The number of rotatable bonds is 2. The molecule has 0 heterocycles. The van der Waals surface area contributed by atoms with Gasteiger partial charge in [-0.15, -0.1) is 0 Å². The van der Waals surface area contributed by atoms with E-state index >= 15 is 0 Å². The number of thiocarbonyl (C=S) groups is 1. The minimum Gasteiger partial charge on any atom is -0.322 e. The van der Waals surface area contributed by atoms with Crippen molar-refractivity contribution in [1.29, 1.82) is 0 Å². The van der Waals surface area contributed by atoms with Crippen molar-refractivity contribution in [3.8, 4) is 0 Å². The lowest BCUT2D eigenvalue weighted by molar-refractivity contribution is 1.18. The molecular formula is C15H16N2S. The molecule has 0 saturated carbocycles. The van der Waals surface area contributed by atoms with Gasteiger partial charge in [-0.1, -0.05) is 36.4 Å². The van der Waals surface area contributed by atoms with Gasteiger partial charge in [-0.3, -0.25) is 0 Å². The average molecular weight is 256 g/mol. The molecular weight excluding hydrogens is 240 g/mol. The van der Waals surface area contributed by atoms with Gasteiger partial charge in [0.05, 0.1) is 0 Å². The maximum atomic E-state index is 5.52. The van der Waals surface area contributed by atoms with Gasteiger partial charge in [-0.2, -0.15) is 0 Å². The van der Waals surface area contributed by atoms with Crippen molar-refractivity contribution in [2.75, 3.05) is 23.9 Å². The Morgan fingerprint density at radius 1 is 0.722 bits per heavy atom. The lowest BCUT2D eigenvalue weighted by Crippen LogP contribution is -2.38. The molecule has 0 bridgehead atoms. The standard InChI is InChI=1S/C15H16N2S/c1-16(13-9-5-3-6-10-13)15(18)17(2)14-11-7-4-8-12-14/h3-12H,1-2H3. The smallest absolute Gasteiger partial charge is 0.180 e. The van der Waals surface area contributed by atoms with E-state index in [0.717, 1.165) is 16.5 Å². The van der Waals surface area contributed by atoms with Gasteiger partial charge in [0, 0.05) is 25.5 Å². The van der Waals surface area contributed by atoms with Crippen molar-refractivity contribution in [3.05, 3.63) is 60.7 Å². The van der Waals surface area contributed by atoms with Crippen molar-refractivity contribution in [3.63, 3.8) is 0 Å². The molecule has 0 radical (unpaired) electrons. The van der Waals surface area contributed by atoms with Crippen LogP contribution in [0.5, 0.6) is 0 Å². The Hall–Kier alpha value is -1.87. The second kappa shape index (κ2) is 5.65. The highest BCUT2D eigenvalue weighted by atomic mass is 32.1. The summed E-state index contributed by atoms with van der Waals surface area (Å²) >= 11 is 5.52. The molecule has 2 nitrogen and oxygen atoms in total. The van der Waals surface area contributed by atoms with Crippen molar-refractivity contribution in [2.45, 2.75) is 0 Å². The first kappa shape index (κ1) is 12.6. The largest absolute Gasteiger partial charge is 0.322 e. The van der Waals surface area contributed by atoms with Crippen LogP contribution in [0.2, 0.25) is 0 Å². The molecule has 2 aromatic rings. The van der Waals surface area contributed by atoms with Crippen LogP contribution in [0.15, 0.2) is 60.7 Å². The summed E-state index contributed by atoms with van der Waals surface area (Å²) in [5, 5.41) is 0.771. The van der Waals surface area contributed by atoms with Crippen LogP contribution in [0.3, 0.4) is 0 Å². The lowest BCUT2D eigenvalue weighted by atomic mass is 10.3. The molecule has 0 spiro atoms. The highest BCUT2D eigenvalue weighted by Gasteiger charge is 2.12. The number of para-hydroxylation sites is 2. The molecule has 0 fully saturated rings. The predicted octanol–water partition coefficient (Wildman–Crippen LogP) is 3.54. The fourth-order valence-electron chi connectivity index (χ4n) is 1.75. The number of hydrogen-bond donors (Lipinski definition) is 0. The average Bonchev–Trinajstić information content (AvgIpc) is 2.47. The molecule has 18 heavy (non-hydrogen) atoms. The first-order valence-corrected chi connectivity index (χ1v) is 6.22. The van der Waals surface area contributed by atoms with Gasteiger partial charge < -0.3 is 9.80 Å². The Morgan fingerprint density at radius 2 is 1.06 bits per heavy atom. The van der Waals surface area contributed by atoms with E-state index in [9.17, 15) is 0 Å². The van der Waals surface area contributed by atoms with E-state index in [0.29, 0.717) is 0 Å². The van der Waals surface area contributed by atoms with E-state index in [4.69, 9.17) is 12.2 Å². The van der Waals surface area contributed by atoms with Gasteiger partial charge in [-0.25, -0.2) is 0 Å². The Labute approximate surface area is 113 Å². The van der Waals surface area contributed by atoms with Gasteiger partial charge in [0.15, 0.2) is 5.11 Å². The zero-order valence-corrected chi connectivity index (χ0v) is 11.4. The molecule has 0 amide bonds. The van der Waals surface area contributed by atoms with Crippen LogP contribution < -0.4 is 9.80 Å². The second-order valence-corrected chi connectivity index (χ2v) is 4.44. The minimum atomic E-state index is 0.771. The third-order valence-electron chi connectivity index (χ3n) is 2.86. The van der Waals surface area contributed by atoms with Gasteiger partial charge >= 0.3 is 0 Å². The van der Waals surface area contributed by atoms with Crippen LogP contribution in [-0.2, 0) is 0 Å². The molecule has 0 N–H and O–H groups in total. The Kier molecular flexibility index (Phi) is 3.95. The first-order chi connectivity index (χ1) is 8.70. The summed E-state index contributed by atoms with van der Waals surface area (Å²) in [6.07, 6.45) is 0. The quantitative estimate of drug-likeness (QED) is 0.759. The summed E-state index contributed by atoms with van der Waals surface area (Å²) in [5.74, 6) is 0. The molecule has 0 aromatic heterocycles. The summed E-state index contributed by atoms with van der Waals surface area (Å²) in [6.45, 7) is 0. The van der Waals surface area contributed by atoms with Gasteiger partial charge in [0.1, 0.15) is 0 Å². The zero-order chi connectivity index (χ0) is 13.0. The molecule has 2 rings (SSSR count).